The minimum Gasteiger partial charge on any atom is -0.495 e. The number of nitrogens with one attached hydrogen (secondary N) is 3. The summed E-state index contributed by atoms with van der Waals surface area (Å²) in [5.74, 6) is -0.563. The lowest BCUT2D eigenvalue weighted by Gasteiger charge is -2.38. The quantitative estimate of drug-likeness (QED) is 0.133. The summed E-state index contributed by atoms with van der Waals surface area (Å²) < 4.78 is 67.8. The fraction of sp³-hybridized carbons (Fsp3) is 0.406. The van der Waals surface area contributed by atoms with E-state index in [1.54, 1.807) is 81.4 Å². The van der Waals surface area contributed by atoms with Gasteiger partial charge in [-0.15, -0.1) is 9.42 Å². The molecule has 1 amide bonds. The number of aliphatic hydroxyl groups excluding tert-OH is 1. The highest BCUT2D eigenvalue weighted by Crippen LogP contribution is 2.44. The Bertz CT molecular complexity index is 1740. The largest absolute Gasteiger partial charge is 0.695 e. The van der Waals surface area contributed by atoms with Crippen molar-refractivity contribution in [2.45, 2.75) is 58.0 Å². The number of aromatic nitrogens is 2. The number of aliphatic hydroxyl groups is 1. The Kier molecular flexibility index (Phi) is 12.0. The van der Waals surface area contributed by atoms with Gasteiger partial charge in [0.15, 0.2) is 0 Å². The number of methoxy groups -OCH3 is 1. The Morgan fingerprint density at radius 3 is 2.43 bits per heavy atom. The molecule has 0 bridgehead atoms. The first-order chi connectivity index (χ1) is 23.2. The molecule has 0 fully saturated rings. The monoisotopic (exact) mass is 706 g/mol. The minimum atomic E-state index is -4.81. The Labute approximate surface area is 282 Å². The van der Waals surface area contributed by atoms with Crippen LogP contribution < -0.4 is 20.7 Å². The van der Waals surface area contributed by atoms with Crippen molar-refractivity contribution in [1.29, 1.82) is 0 Å². The molecule has 0 radical (unpaired) electrons. The van der Waals surface area contributed by atoms with E-state index in [1.807, 2.05) is 0 Å². The average Bonchev–Trinajstić information content (AvgIpc) is 3.54. The molecule has 264 valence electrons. The van der Waals surface area contributed by atoms with Crippen LogP contribution in [0.25, 0.3) is 11.1 Å². The van der Waals surface area contributed by atoms with Crippen LogP contribution in [-0.4, -0.2) is 76.1 Å². The van der Waals surface area contributed by atoms with Crippen molar-refractivity contribution in [1.82, 2.24) is 20.0 Å². The number of rotatable bonds is 14. The van der Waals surface area contributed by atoms with Crippen molar-refractivity contribution >= 4 is 31.5 Å². The van der Waals surface area contributed by atoms with E-state index in [0.29, 0.717) is 35.3 Å². The van der Waals surface area contributed by atoms with Crippen LogP contribution in [0.3, 0.4) is 0 Å². The number of hydrogen-bond acceptors (Lipinski definition) is 10. The second-order valence-corrected chi connectivity index (χ2v) is 12.1. The summed E-state index contributed by atoms with van der Waals surface area (Å²) in [5.41, 5.74) is -0.173. The van der Waals surface area contributed by atoms with Crippen LogP contribution in [0.2, 0.25) is 0 Å². The number of aryl methyl sites for hydroxylation is 1. The van der Waals surface area contributed by atoms with E-state index in [0.717, 1.165) is 0 Å². The van der Waals surface area contributed by atoms with Gasteiger partial charge in [-0.3, -0.25) is 9.48 Å². The molecule has 13 nitrogen and oxygen atoms in total. The summed E-state index contributed by atoms with van der Waals surface area (Å²) in [6.07, 6.45) is -0.905. The Hall–Kier alpha value is -4.50. The highest BCUT2D eigenvalue weighted by molar-refractivity contribution is 7.32. The minimum absolute atomic E-state index is 0.00518. The number of carbonyl (C=O) groups is 1. The molecule has 49 heavy (non-hydrogen) atoms. The molecule has 0 saturated carbocycles. The van der Waals surface area contributed by atoms with E-state index >= 15 is 0 Å². The molecule has 2 heterocycles. The lowest BCUT2D eigenvalue weighted by molar-refractivity contribution is -0.103. The van der Waals surface area contributed by atoms with E-state index in [-0.39, 0.29) is 49.0 Å². The van der Waals surface area contributed by atoms with E-state index in [4.69, 9.17) is 19.3 Å². The zero-order valence-corrected chi connectivity index (χ0v) is 28.7. The Morgan fingerprint density at radius 1 is 1.10 bits per heavy atom. The summed E-state index contributed by atoms with van der Waals surface area (Å²) in [7, 11) is 1.68. The molecule has 1 aromatic heterocycles. The number of carbonyl (C=O) groups excluding carboxylic acids is 1. The third-order valence-electron chi connectivity index (χ3n) is 8.03. The standard InChI is InChI=1S/C32H39F3N7O6P/c1-6-31(7-2)27(32(33,34)35)28(39-30(40-31)38-25-11-9-20(15-26(25)47-5)19-48-49(45)46)37-24-12-10-21(16-23(24)29(44)41(3)4)22-17-36-42(18-22)13-8-14-43/h9-12,15-18,43H,6-8,13-14,19H2,1-5H3,(H3-,37,38,39,40,44,45,46)/p+1. The van der Waals surface area contributed by atoms with Gasteiger partial charge in [-0.25, -0.2) is 4.99 Å². The summed E-state index contributed by atoms with van der Waals surface area (Å²) in [6.45, 7) is 3.57. The number of alkyl halides is 3. The predicted octanol–water partition coefficient (Wildman–Crippen LogP) is 5.63. The molecule has 1 aliphatic rings. The third-order valence-corrected chi connectivity index (χ3v) is 8.38. The number of anilines is 2. The topological polar surface area (TPSA) is 163 Å². The second kappa shape index (κ2) is 15.8. The molecule has 0 aliphatic carbocycles. The molecule has 0 saturated heterocycles. The first-order valence-corrected chi connectivity index (χ1v) is 16.6. The van der Waals surface area contributed by atoms with Gasteiger partial charge in [0.2, 0.25) is 5.96 Å². The van der Waals surface area contributed by atoms with Gasteiger partial charge in [0.1, 0.15) is 23.8 Å². The molecular formula is C32H40F3N7O6P+. The van der Waals surface area contributed by atoms with Gasteiger partial charge < -0.3 is 30.7 Å². The average molecular weight is 707 g/mol. The van der Waals surface area contributed by atoms with E-state index in [2.05, 4.69) is 26.0 Å². The summed E-state index contributed by atoms with van der Waals surface area (Å²) >= 11 is 0. The maximum atomic E-state index is 15.0. The van der Waals surface area contributed by atoms with Crippen LogP contribution in [0.4, 0.5) is 24.5 Å². The van der Waals surface area contributed by atoms with E-state index < -0.39 is 37.3 Å². The van der Waals surface area contributed by atoms with Gasteiger partial charge in [-0.1, -0.05) is 26.0 Å². The first kappa shape index (κ1) is 37.3. The van der Waals surface area contributed by atoms with Crippen LogP contribution in [0, 0.1) is 0 Å². The van der Waals surface area contributed by atoms with Gasteiger partial charge >= 0.3 is 14.4 Å². The van der Waals surface area contributed by atoms with Crippen molar-refractivity contribution in [2.24, 2.45) is 4.99 Å². The fourth-order valence-electron chi connectivity index (χ4n) is 5.47. The number of hydrogen-bond donors (Lipinski definition) is 5. The van der Waals surface area contributed by atoms with E-state index in [1.165, 1.54) is 12.0 Å². The van der Waals surface area contributed by atoms with Crippen molar-refractivity contribution in [3.8, 4) is 16.9 Å². The molecule has 4 rings (SSSR count). The van der Waals surface area contributed by atoms with Gasteiger partial charge in [0.25, 0.3) is 5.91 Å². The normalized spacial score (nSPS) is 14.6. The molecule has 2 aromatic carbocycles. The lowest BCUT2D eigenvalue weighted by Crippen LogP contribution is -2.49. The SMILES string of the molecule is CCC1(CC)N=C(Nc2ccc(CO[P+](=O)O)cc2OC)NC(Nc2ccc(-c3cnn(CCCO)c3)cc2C(=O)N(C)C)=C1C(F)(F)F. The zero-order chi connectivity index (χ0) is 35.9. The highest BCUT2D eigenvalue weighted by Gasteiger charge is 2.51. The maximum Gasteiger partial charge on any atom is 0.695 e. The van der Waals surface area contributed by atoms with Crippen LogP contribution in [0.1, 0.15) is 49.0 Å². The fourth-order valence-corrected chi connectivity index (χ4v) is 5.73. The molecule has 0 spiro atoms. The first-order valence-electron chi connectivity index (χ1n) is 15.4. The Morgan fingerprint density at radius 2 is 1.82 bits per heavy atom. The van der Waals surface area contributed by atoms with E-state index in [9.17, 15) is 22.5 Å². The predicted molar refractivity (Wildman–Crippen MR) is 179 cm³/mol. The second-order valence-electron chi connectivity index (χ2n) is 11.4. The zero-order valence-electron chi connectivity index (χ0n) is 27.8. The number of amides is 1. The van der Waals surface area contributed by atoms with Gasteiger partial charge in [-0.05, 0) is 54.7 Å². The molecule has 3 aromatic rings. The lowest BCUT2D eigenvalue weighted by atomic mass is 9.83. The summed E-state index contributed by atoms with van der Waals surface area (Å²) in [5, 5.41) is 22.1. The van der Waals surface area contributed by atoms with Crippen molar-refractivity contribution in [3.05, 3.63) is 71.3 Å². The number of aliphatic imine (C=N–C) groups is 1. The maximum absolute atomic E-state index is 15.0. The van der Waals surface area contributed by atoms with Crippen molar-refractivity contribution in [3.63, 3.8) is 0 Å². The van der Waals surface area contributed by atoms with Gasteiger partial charge in [-0.2, -0.15) is 18.3 Å². The number of ether oxygens (including phenoxy) is 1. The Balaban J connectivity index is 1.77. The van der Waals surface area contributed by atoms with Crippen molar-refractivity contribution in [2.75, 3.05) is 38.4 Å². The molecule has 1 unspecified atom stereocenters. The van der Waals surface area contributed by atoms with Crippen molar-refractivity contribution < 1.29 is 41.8 Å². The number of benzene rings is 2. The third kappa shape index (κ3) is 8.76. The summed E-state index contributed by atoms with van der Waals surface area (Å²) in [6, 6.07) is 9.57. The van der Waals surface area contributed by atoms with Gasteiger partial charge in [0, 0.05) is 43.6 Å². The molecule has 5 N–H and O–H groups in total. The number of guanidine groups is 1. The summed E-state index contributed by atoms with van der Waals surface area (Å²) in [4.78, 5) is 28.3. The highest BCUT2D eigenvalue weighted by atomic mass is 31.1. The number of halogens is 3. The van der Waals surface area contributed by atoms with Crippen LogP contribution in [0.5, 0.6) is 5.75 Å². The molecular weight excluding hydrogens is 666 g/mol. The number of nitrogens with zero attached hydrogens (tertiary/aromatic N) is 4. The molecule has 17 heteroatoms. The van der Waals surface area contributed by atoms with Crippen LogP contribution in [0.15, 0.2) is 65.2 Å². The van der Waals surface area contributed by atoms with Crippen LogP contribution >= 0.6 is 8.25 Å². The van der Waals surface area contributed by atoms with Crippen LogP contribution in [-0.2, 0) is 22.2 Å². The molecule has 1 atom stereocenters. The molecule has 1 aliphatic heterocycles. The smallest absolute Gasteiger partial charge is 0.495 e. The van der Waals surface area contributed by atoms with Gasteiger partial charge in [0.05, 0.1) is 35.8 Å².